The van der Waals surface area contributed by atoms with E-state index in [1.807, 2.05) is 0 Å². The third-order valence-corrected chi connectivity index (χ3v) is 4.30. The van der Waals surface area contributed by atoms with Crippen LogP contribution < -0.4 is 5.32 Å². The van der Waals surface area contributed by atoms with Crippen LogP contribution in [0.3, 0.4) is 0 Å². The van der Waals surface area contributed by atoms with Crippen molar-refractivity contribution in [2.75, 3.05) is 13.1 Å². The third-order valence-electron chi connectivity index (χ3n) is 4.30. The SMILES string of the molecule is Cc1ccn2c(C3(C(C)C)CCNC3)nnc2c1. The molecule has 0 radical (unpaired) electrons. The Morgan fingerprint density at radius 1 is 1.39 bits per heavy atom. The number of hydrogen-bond donors (Lipinski definition) is 1. The zero-order chi connectivity index (χ0) is 12.8. The summed E-state index contributed by atoms with van der Waals surface area (Å²) >= 11 is 0. The van der Waals surface area contributed by atoms with Crippen molar-refractivity contribution in [2.45, 2.75) is 32.6 Å². The van der Waals surface area contributed by atoms with Crippen LogP contribution in [0.25, 0.3) is 5.65 Å². The molecule has 1 N–H and O–H groups in total. The Hall–Kier alpha value is -1.42. The third kappa shape index (κ3) is 1.56. The summed E-state index contributed by atoms with van der Waals surface area (Å²) in [6.45, 7) is 8.71. The average Bonchev–Trinajstić information content (AvgIpc) is 2.93. The zero-order valence-corrected chi connectivity index (χ0v) is 11.3. The fourth-order valence-corrected chi connectivity index (χ4v) is 2.99. The molecule has 4 heteroatoms. The van der Waals surface area contributed by atoms with Gasteiger partial charge in [-0.15, -0.1) is 10.2 Å². The van der Waals surface area contributed by atoms with Crippen molar-refractivity contribution < 1.29 is 0 Å². The highest BCUT2D eigenvalue weighted by Gasteiger charge is 2.42. The van der Waals surface area contributed by atoms with Gasteiger partial charge in [0.2, 0.25) is 0 Å². The first-order chi connectivity index (χ1) is 8.63. The number of nitrogens with one attached hydrogen (secondary N) is 1. The Bertz CT molecular complexity index is 564. The predicted octanol–water partition coefficient (Wildman–Crippen LogP) is 1.92. The molecule has 0 spiro atoms. The van der Waals surface area contributed by atoms with Gasteiger partial charge in [0.15, 0.2) is 5.65 Å². The van der Waals surface area contributed by atoms with Crippen LogP contribution in [0.15, 0.2) is 18.3 Å². The summed E-state index contributed by atoms with van der Waals surface area (Å²) in [5.41, 5.74) is 2.30. The van der Waals surface area contributed by atoms with E-state index in [9.17, 15) is 0 Å². The highest BCUT2D eigenvalue weighted by Crippen LogP contribution is 2.36. The van der Waals surface area contributed by atoms with E-state index in [0.29, 0.717) is 5.92 Å². The summed E-state index contributed by atoms with van der Waals surface area (Å²) in [4.78, 5) is 0. The lowest BCUT2D eigenvalue weighted by molar-refractivity contribution is 0.315. The Morgan fingerprint density at radius 3 is 2.89 bits per heavy atom. The molecule has 1 aliphatic heterocycles. The van der Waals surface area contributed by atoms with E-state index in [-0.39, 0.29) is 5.41 Å². The molecule has 1 unspecified atom stereocenters. The number of aryl methyl sites for hydroxylation is 1. The van der Waals surface area contributed by atoms with Gasteiger partial charge < -0.3 is 5.32 Å². The molecule has 0 aliphatic carbocycles. The van der Waals surface area contributed by atoms with E-state index in [4.69, 9.17) is 0 Å². The smallest absolute Gasteiger partial charge is 0.161 e. The van der Waals surface area contributed by atoms with Crippen LogP contribution in [-0.2, 0) is 5.41 Å². The molecule has 2 aromatic heterocycles. The number of rotatable bonds is 2. The van der Waals surface area contributed by atoms with Gasteiger partial charge in [0.05, 0.1) is 0 Å². The molecular weight excluding hydrogens is 224 g/mol. The molecule has 1 atom stereocenters. The first-order valence-corrected chi connectivity index (χ1v) is 6.66. The zero-order valence-electron chi connectivity index (χ0n) is 11.3. The molecule has 0 aromatic carbocycles. The van der Waals surface area contributed by atoms with E-state index in [1.54, 1.807) is 0 Å². The minimum Gasteiger partial charge on any atom is -0.316 e. The minimum atomic E-state index is 0.120. The average molecular weight is 244 g/mol. The number of nitrogens with zero attached hydrogens (tertiary/aromatic N) is 3. The Morgan fingerprint density at radius 2 is 2.22 bits per heavy atom. The van der Waals surface area contributed by atoms with Crippen LogP contribution in [0.4, 0.5) is 0 Å². The monoisotopic (exact) mass is 244 g/mol. The van der Waals surface area contributed by atoms with Gasteiger partial charge in [0.1, 0.15) is 5.82 Å². The maximum absolute atomic E-state index is 4.48. The molecule has 0 amide bonds. The minimum absolute atomic E-state index is 0.120. The summed E-state index contributed by atoms with van der Waals surface area (Å²) in [6, 6.07) is 4.21. The lowest BCUT2D eigenvalue weighted by atomic mass is 9.75. The molecule has 4 nitrogen and oxygen atoms in total. The molecule has 2 aromatic rings. The second kappa shape index (κ2) is 4.05. The predicted molar refractivity (Wildman–Crippen MR) is 71.7 cm³/mol. The lowest BCUT2D eigenvalue weighted by Crippen LogP contribution is -2.36. The van der Waals surface area contributed by atoms with Crippen molar-refractivity contribution >= 4 is 5.65 Å². The topological polar surface area (TPSA) is 42.2 Å². The van der Waals surface area contributed by atoms with E-state index in [0.717, 1.165) is 31.0 Å². The first kappa shape index (κ1) is 11.7. The molecule has 1 saturated heterocycles. The summed E-state index contributed by atoms with van der Waals surface area (Å²) in [5.74, 6) is 1.67. The molecule has 96 valence electrons. The van der Waals surface area contributed by atoms with Crippen molar-refractivity contribution in [2.24, 2.45) is 5.92 Å². The van der Waals surface area contributed by atoms with E-state index in [2.05, 4.69) is 59.0 Å². The molecule has 0 bridgehead atoms. The van der Waals surface area contributed by atoms with Crippen molar-refractivity contribution in [3.05, 3.63) is 29.7 Å². The Labute approximate surface area is 107 Å². The van der Waals surface area contributed by atoms with Crippen LogP contribution in [0.1, 0.15) is 31.7 Å². The van der Waals surface area contributed by atoms with Crippen LogP contribution in [0, 0.1) is 12.8 Å². The van der Waals surface area contributed by atoms with Crippen molar-refractivity contribution in [3.63, 3.8) is 0 Å². The molecule has 3 heterocycles. The van der Waals surface area contributed by atoms with Crippen LogP contribution in [0.5, 0.6) is 0 Å². The standard InChI is InChI=1S/C14H20N4/c1-10(2)14(5-6-15-9-14)13-17-16-12-8-11(3)4-7-18(12)13/h4,7-8,10,15H,5-6,9H2,1-3H3. The summed E-state index contributed by atoms with van der Waals surface area (Å²) in [7, 11) is 0. The maximum Gasteiger partial charge on any atom is 0.161 e. The summed E-state index contributed by atoms with van der Waals surface area (Å²) in [6.07, 6.45) is 3.24. The fraction of sp³-hybridized carbons (Fsp3) is 0.571. The second-order valence-corrected chi connectivity index (χ2v) is 5.69. The van der Waals surface area contributed by atoms with Gasteiger partial charge in [0, 0.05) is 18.2 Å². The molecule has 1 aliphatic rings. The van der Waals surface area contributed by atoms with Gasteiger partial charge in [-0.05, 0) is 43.5 Å². The van der Waals surface area contributed by atoms with Crippen molar-refractivity contribution in [3.8, 4) is 0 Å². The van der Waals surface area contributed by atoms with E-state index in [1.165, 1.54) is 5.56 Å². The number of hydrogen-bond acceptors (Lipinski definition) is 3. The van der Waals surface area contributed by atoms with Gasteiger partial charge in [0.25, 0.3) is 0 Å². The normalized spacial score (nSPS) is 24.2. The quantitative estimate of drug-likeness (QED) is 0.877. The Kier molecular flexibility index (Phi) is 2.63. The van der Waals surface area contributed by atoms with Crippen LogP contribution >= 0.6 is 0 Å². The maximum atomic E-state index is 4.48. The fourth-order valence-electron chi connectivity index (χ4n) is 2.99. The van der Waals surface area contributed by atoms with Gasteiger partial charge in [-0.1, -0.05) is 13.8 Å². The van der Waals surface area contributed by atoms with Crippen molar-refractivity contribution in [1.29, 1.82) is 0 Å². The summed E-state index contributed by atoms with van der Waals surface area (Å²) < 4.78 is 2.15. The molecule has 0 saturated carbocycles. The highest BCUT2D eigenvalue weighted by atomic mass is 15.3. The first-order valence-electron chi connectivity index (χ1n) is 6.66. The van der Waals surface area contributed by atoms with Gasteiger partial charge >= 0.3 is 0 Å². The molecule has 18 heavy (non-hydrogen) atoms. The Balaban J connectivity index is 2.18. The number of aromatic nitrogens is 3. The number of fused-ring (bicyclic) bond motifs is 1. The van der Waals surface area contributed by atoms with Gasteiger partial charge in [-0.2, -0.15) is 0 Å². The molecule has 1 fully saturated rings. The second-order valence-electron chi connectivity index (χ2n) is 5.69. The summed E-state index contributed by atoms with van der Waals surface area (Å²) in [5, 5.41) is 12.3. The molecular formula is C14H20N4. The van der Waals surface area contributed by atoms with E-state index < -0.39 is 0 Å². The highest BCUT2D eigenvalue weighted by molar-refractivity contribution is 5.42. The number of pyridine rings is 1. The largest absolute Gasteiger partial charge is 0.316 e. The van der Waals surface area contributed by atoms with Crippen LogP contribution in [-0.4, -0.2) is 27.7 Å². The lowest BCUT2D eigenvalue weighted by Gasteiger charge is -2.30. The van der Waals surface area contributed by atoms with E-state index >= 15 is 0 Å². The van der Waals surface area contributed by atoms with Gasteiger partial charge in [-0.3, -0.25) is 4.40 Å². The van der Waals surface area contributed by atoms with Gasteiger partial charge in [-0.25, -0.2) is 0 Å². The van der Waals surface area contributed by atoms with Crippen molar-refractivity contribution in [1.82, 2.24) is 19.9 Å². The van der Waals surface area contributed by atoms with Crippen LogP contribution in [0.2, 0.25) is 0 Å². The molecule has 3 rings (SSSR count).